The van der Waals surface area contributed by atoms with Crippen LogP contribution in [0.25, 0.3) is 0 Å². The van der Waals surface area contributed by atoms with E-state index in [9.17, 15) is 18.0 Å². The zero-order valence-electron chi connectivity index (χ0n) is 8.44. The van der Waals surface area contributed by atoms with E-state index in [1.807, 2.05) is 0 Å². The van der Waals surface area contributed by atoms with Crippen LogP contribution in [0.15, 0.2) is 34.0 Å². The topological polar surface area (TPSA) is 34.9 Å². The smallest absolute Gasteiger partial charge is 0.309 e. The molecule has 0 N–H and O–H groups in total. The standard InChI is InChI=1S/C10H7F3N2OS/c11-10(12,13)7-1-2-9(16)15(3-7)4-8-5-17-6-14-8/h1-3,5-6H,4H2. The Kier molecular flexibility index (Phi) is 3.01. The lowest BCUT2D eigenvalue weighted by molar-refractivity contribution is -0.138. The predicted octanol–water partition coefficient (Wildman–Crippen LogP) is 2.37. The van der Waals surface area contributed by atoms with E-state index in [-0.39, 0.29) is 6.54 Å². The Morgan fingerprint density at radius 1 is 1.35 bits per heavy atom. The predicted molar refractivity (Wildman–Crippen MR) is 56.9 cm³/mol. The minimum absolute atomic E-state index is 0.0479. The molecule has 0 amide bonds. The van der Waals surface area contributed by atoms with Gasteiger partial charge in [-0.05, 0) is 6.07 Å². The van der Waals surface area contributed by atoms with Gasteiger partial charge in [-0.2, -0.15) is 13.2 Å². The molecule has 0 aliphatic carbocycles. The van der Waals surface area contributed by atoms with Crippen molar-refractivity contribution in [3.05, 3.63) is 50.8 Å². The third-order valence-electron chi connectivity index (χ3n) is 2.13. The molecular weight excluding hydrogens is 253 g/mol. The third-order valence-corrected chi connectivity index (χ3v) is 2.76. The normalized spacial score (nSPS) is 11.7. The molecule has 7 heteroatoms. The minimum atomic E-state index is -4.45. The lowest BCUT2D eigenvalue weighted by atomic mass is 10.2. The quantitative estimate of drug-likeness (QED) is 0.831. The summed E-state index contributed by atoms with van der Waals surface area (Å²) in [5, 5.41) is 1.69. The molecule has 0 aliphatic rings. The molecule has 0 spiro atoms. The highest BCUT2D eigenvalue weighted by Gasteiger charge is 2.31. The second-order valence-corrected chi connectivity index (χ2v) is 4.08. The van der Waals surface area contributed by atoms with Gasteiger partial charge >= 0.3 is 6.18 Å². The third kappa shape index (κ3) is 2.73. The first-order chi connectivity index (χ1) is 7.97. The molecule has 2 aromatic rings. The molecule has 2 heterocycles. The number of pyridine rings is 1. The number of thiazole rings is 1. The highest BCUT2D eigenvalue weighted by atomic mass is 32.1. The van der Waals surface area contributed by atoms with Gasteiger partial charge < -0.3 is 4.57 Å². The number of hydrogen-bond acceptors (Lipinski definition) is 3. The van der Waals surface area contributed by atoms with Gasteiger partial charge in [-0.15, -0.1) is 11.3 Å². The summed E-state index contributed by atoms with van der Waals surface area (Å²) in [5.74, 6) is 0. The van der Waals surface area contributed by atoms with Crippen LogP contribution in [0.4, 0.5) is 13.2 Å². The molecule has 2 rings (SSSR count). The molecule has 90 valence electrons. The first-order valence-electron chi connectivity index (χ1n) is 4.61. The van der Waals surface area contributed by atoms with Crippen LogP contribution < -0.4 is 5.56 Å². The zero-order chi connectivity index (χ0) is 12.5. The Hall–Kier alpha value is -1.63. The fourth-order valence-corrected chi connectivity index (χ4v) is 1.86. The van der Waals surface area contributed by atoms with Gasteiger partial charge in [0.15, 0.2) is 0 Å². The molecule has 3 nitrogen and oxygen atoms in total. The molecule has 0 radical (unpaired) electrons. The van der Waals surface area contributed by atoms with E-state index in [4.69, 9.17) is 0 Å². The average Bonchev–Trinajstić information content (AvgIpc) is 2.72. The molecular formula is C10H7F3N2OS. The largest absolute Gasteiger partial charge is 0.417 e. The Balaban J connectivity index is 2.37. The van der Waals surface area contributed by atoms with Crippen molar-refractivity contribution in [2.75, 3.05) is 0 Å². The van der Waals surface area contributed by atoms with E-state index >= 15 is 0 Å². The SMILES string of the molecule is O=c1ccc(C(F)(F)F)cn1Cc1cscn1. The van der Waals surface area contributed by atoms with Crippen molar-refractivity contribution in [3.8, 4) is 0 Å². The molecule has 2 aromatic heterocycles. The first-order valence-corrected chi connectivity index (χ1v) is 5.56. The summed E-state index contributed by atoms with van der Waals surface area (Å²) in [4.78, 5) is 15.3. The lowest BCUT2D eigenvalue weighted by Crippen LogP contribution is -2.22. The summed E-state index contributed by atoms with van der Waals surface area (Å²) < 4.78 is 38.3. The van der Waals surface area contributed by atoms with Gasteiger partial charge in [0, 0.05) is 17.6 Å². The number of rotatable bonds is 2. The second-order valence-electron chi connectivity index (χ2n) is 3.36. The summed E-state index contributed by atoms with van der Waals surface area (Å²) in [5.41, 5.74) is 0.809. The van der Waals surface area contributed by atoms with Crippen molar-refractivity contribution in [3.63, 3.8) is 0 Å². The number of alkyl halides is 3. The second kappa shape index (κ2) is 4.33. The monoisotopic (exact) mass is 260 g/mol. The molecule has 0 saturated heterocycles. The minimum Gasteiger partial charge on any atom is -0.309 e. The van der Waals surface area contributed by atoms with Crippen molar-refractivity contribution >= 4 is 11.3 Å². The van der Waals surface area contributed by atoms with Crippen molar-refractivity contribution < 1.29 is 13.2 Å². The number of hydrogen-bond donors (Lipinski definition) is 0. The molecule has 0 saturated carbocycles. The van der Waals surface area contributed by atoms with Crippen molar-refractivity contribution in [1.82, 2.24) is 9.55 Å². The van der Waals surface area contributed by atoms with Crippen LogP contribution in [0.2, 0.25) is 0 Å². The van der Waals surface area contributed by atoms with Crippen LogP contribution in [0.1, 0.15) is 11.3 Å². The Bertz CT molecular complexity index is 560. The molecule has 0 unspecified atom stereocenters. The van der Waals surface area contributed by atoms with E-state index < -0.39 is 17.3 Å². The van der Waals surface area contributed by atoms with Crippen LogP contribution in [0.5, 0.6) is 0 Å². The fraction of sp³-hybridized carbons (Fsp3) is 0.200. The lowest BCUT2D eigenvalue weighted by Gasteiger charge is -2.09. The van der Waals surface area contributed by atoms with Crippen LogP contribution >= 0.6 is 11.3 Å². The summed E-state index contributed by atoms with van der Waals surface area (Å²) in [6, 6.07) is 1.69. The van der Waals surface area contributed by atoms with Crippen LogP contribution in [0.3, 0.4) is 0 Å². The Labute approximate surface area is 98.2 Å². The average molecular weight is 260 g/mol. The van der Waals surface area contributed by atoms with Crippen molar-refractivity contribution in [1.29, 1.82) is 0 Å². The Morgan fingerprint density at radius 3 is 2.71 bits per heavy atom. The maximum absolute atomic E-state index is 12.4. The van der Waals surface area contributed by atoms with Crippen molar-refractivity contribution in [2.45, 2.75) is 12.7 Å². The number of aromatic nitrogens is 2. The molecule has 0 aromatic carbocycles. The molecule has 0 fully saturated rings. The maximum Gasteiger partial charge on any atom is 0.417 e. The molecule has 0 atom stereocenters. The summed E-state index contributed by atoms with van der Waals surface area (Å²) in [6.07, 6.45) is -3.64. The van der Waals surface area contributed by atoms with Crippen LogP contribution in [-0.4, -0.2) is 9.55 Å². The van der Waals surface area contributed by atoms with Gasteiger partial charge in [-0.1, -0.05) is 0 Å². The van der Waals surface area contributed by atoms with Crippen molar-refractivity contribution in [2.24, 2.45) is 0 Å². The summed E-state index contributed by atoms with van der Waals surface area (Å²) >= 11 is 1.33. The number of halogens is 3. The Morgan fingerprint density at radius 2 is 2.12 bits per heavy atom. The van der Waals surface area contributed by atoms with Gasteiger partial charge in [-0.3, -0.25) is 4.79 Å². The van der Waals surface area contributed by atoms with E-state index in [2.05, 4.69) is 4.98 Å². The van der Waals surface area contributed by atoms with Gasteiger partial charge in [-0.25, -0.2) is 4.98 Å². The van der Waals surface area contributed by atoms with Gasteiger partial charge in [0.05, 0.1) is 23.3 Å². The summed E-state index contributed by atoms with van der Waals surface area (Å²) in [7, 11) is 0. The molecule has 0 bridgehead atoms. The molecule has 17 heavy (non-hydrogen) atoms. The first kappa shape index (κ1) is 11.8. The van der Waals surface area contributed by atoms with Gasteiger partial charge in [0.1, 0.15) is 0 Å². The van der Waals surface area contributed by atoms with E-state index in [0.717, 1.165) is 22.9 Å². The van der Waals surface area contributed by atoms with Gasteiger partial charge in [0.2, 0.25) is 0 Å². The van der Waals surface area contributed by atoms with Crippen LogP contribution in [-0.2, 0) is 12.7 Å². The summed E-state index contributed by atoms with van der Waals surface area (Å²) in [6.45, 7) is 0.0479. The molecule has 0 aliphatic heterocycles. The maximum atomic E-state index is 12.4. The van der Waals surface area contributed by atoms with Gasteiger partial charge in [0.25, 0.3) is 5.56 Å². The van der Waals surface area contributed by atoms with E-state index in [0.29, 0.717) is 5.69 Å². The highest BCUT2D eigenvalue weighted by Crippen LogP contribution is 2.28. The number of nitrogens with zero attached hydrogens (tertiary/aromatic N) is 2. The van der Waals surface area contributed by atoms with Crippen LogP contribution in [0, 0.1) is 0 Å². The highest BCUT2D eigenvalue weighted by molar-refractivity contribution is 7.07. The fourth-order valence-electron chi connectivity index (χ4n) is 1.31. The van der Waals surface area contributed by atoms with E-state index in [1.165, 1.54) is 11.3 Å². The zero-order valence-corrected chi connectivity index (χ0v) is 9.26. The van der Waals surface area contributed by atoms with E-state index in [1.54, 1.807) is 10.9 Å².